The Labute approximate surface area is 233 Å². The summed E-state index contributed by atoms with van der Waals surface area (Å²) in [6.07, 6.45) is 3.12. The SMILES string of the molecule is C.CN=P(C)(Oc1ccccc1)Oc1ccccc1.c1ccc(OP2(Oc3ccccc3)=NCCCC2)cc1. The molecule has 0 bridgehead atoms. The molecule has 0 spiro atoms. The second-order valence-corrected chi connectivity index (χ2v) is 13.3. The molecule has 0 unspecified atom stereocenters. The minimum absolute atomic E-state index is 0. The molecule has 1 aliphatic heterocycles. The van der Waals surface area contributed by atoms with Gasteiger partial charge < -0.3 is 18.1 Å². The van der Waals surface area contributed by atoms with E-state index < -0.39 is 15.0 Å². The summed E-state index contributed by atoms with van der Waals surface area (Å²) in [7, 11) is -2.76. The second kappa shape index (κ2) is 15.2. The highest BCUT2D eigenvalue weighted by atomic mass is 31.2. The molecule has 8 heteroatoms. The van der Waals surface area contributed by atoms with Crippen molar-refractivity contribution in [3.63, 3.8) is 0 Å². The number of para-hydroxylation sites is 4. The van der Waals surface area contributed by atoms with E-state index in [1.165, 1.54) is 0 Å². The van der Waals surface area contributed by atoms with E-state index in [9.17, 15) is 0 Å². The summed E-state index contributed by atoms with van der Waals surface area (Å²) in [5.41, 5.74) is 0. The Morgan fingerprint density at radius 3 is 1.33 bits per heavy atom. The number of rotatable bonds is 8. The van der Waals surface area contributed by atoms with Crippen LogP contribution in [0.25, 0.3) is 0 Å². The van der Waals surface area contributed by atoms with E-state index in [2.05, 4.69) is 4.74 Å². The smallest absolute Gasteiger partial charge is 0.314 e. The maximum Gasteiger partial charge on any atom is 0.314 e. The molecule has 4 aromatic carbocycles. The van der Waals surface area contributed by atoms with E-state index in [0.29, 0.717) is 0 Å². The molecule has 4 aromatic rings. The van der Waals surface area contributed by atoms with Gasteiger partial charge in [0.15, 0.2) is 0 Å². The summed E-state index contributed by atoms with van der Waals surface area (Å²) in [5.74, 6) is 3.22. The van der Waals surface area contributed by atoms with Crippen molar-refractivity contribution in [2.24, 2.45) is 9.49 Å². The molecule has 206 valence electrons. The van der Waals surface area contributed by atoms with Gasteiger partial charge in [-0.05, 0) is 61.4 Å². The molecule has 5 rings (SSSR count). The van der Waals surface area contributed by atoms with Gasteiger partial charge in [0.25, 0.3) is 0 Å². The van der Waals surface area contributed by atoms with Crippen molar-refractivity contribution in [1.29, 1.82) is 0 Å². The third-order valence-electron chi connectivity index (χ3n) is 5.55. The number of hydrogen-bond acceptors (Lipinski definition) is 6. The lowest BCUT2D eigenvalue weighted by Crippen LogP contribution is -2.10. The van der Waals surface area contributed by atoms with E-state index in [0.717, 1.165) is 48.5 Å². The Balaban J connectivity index is 0.000000211. The van der Waals surface area contributed by atoms with Gasteiger partial charge in [0.2, 0.25) is 0 Å². The van der Waals surface area contributed by atoms with Crippen LogP contribution in [0.1, 0.15) is 20.3 Å². The summed E-state index contributed by atoms with van der Waals surface area (Å²) in [6, 6.07) is 38.9. The predicted octanol–water partition coefficient (Wildman–Crippen LogP) is 10.0. The molecule has 0 atom stereocenters. The average Bonchev–Trinajstić information content (AvgIpc) is 2.96. The highest BCUT2D eigenvalue weighted by Crippen LogP contribution is 2.54. The predicted molar refractivity (Wildman–Crippen MR) is 165 cm³/mol. The fraction of sp³-hybridized carbons (Fsp3) is 0.226. The van der Waals surface area contributed by atoms with Crippen LogP contribution in [0.2, 0.25) is 0 Å². The van der Waals surface area contributed by atoms with Crippen LogP contribution in [-0.2, 0) is 0 Å². The Morgan fingerprint density at radius 1 is 0.615 bits per heavy atom. The molecular formula is C31H38N2O4P2. The van der Waals surface area contributed by atoms with Crippen molar-refractivity contribution < 1.29 is 18.1 Å². The van der Waals surface area contributed by atoms with Crippen LogP contribution in [0.5, 0.6) is 23.0 Å². The zero-order valence-corrected chi connectivity index (χ0v) is 23.6. The third-order valence-corrected chi connectivity index (χ3v) is 9.88. The molecule has 0 aliphatic carbocycles. The fourth-order valence-corrected chi connectivity index (χ4v) is 7.31. The fourth-order valence-electron chi connectivity index (χ4n) is 3.63. The first-order valence-electron chi connectivity index (χ1n) is 12.6. The van der Waals surface area contributed by atoms with E-state index >= 15 is 0 Å². The van der Waals surface area contributed by atoms with E-state index in [4.69, 9.17) is 22.8 Å². The van der Waals surface area contributed by atoms with Crippen LogP contribution in [0.15, 0.2) is 131 Å². The average molecular weight is 565 g/mol. The minimum Gasteiger partial charge on any atom is -0.430 e. The zero-order chi connectivity index (χ0) is 26.5. The molecule has 0 saturated heterocycles. The Hall–Kier alpha value is -3.46. The van der Waals surface area contributed by atoms with Crippen LogP contribution in [0, 0.1) is 0 Å². The molecule has 39 heavy (non-hydrogen) atoms. The maximum atomic E-state index is 6.17. The van der Waals surface area contributed by atoms with Crippen molar-refractivity contribution in [3.05, 3.63) is 121 Å². The van der Waals surface area contributed by atoms with Gasteiger partial charge in [-0.3, -0.25) is 0 Å². The number of benzene rings is 4. The summed E-state index contributed by atoms with van der Waals surface area (Å²) >= 11 is 0. The maximum absolute atomic E-state index is 6.17. The molecule has 1 heterocycles. The van der Waals surface area contributed by atoms with Crippen molar-refractivity contribution in [2.75, 3.05) is 26.4 Å². The van der Waals surface area contributed by atoms with Gasteiger partial charge in [-0.15, -0.1) is 0 Å². The molecule has 0 amide bonds. The zero-order valence-electron chi connectivity index (χ0n) is 21.8. The summed E-state index contributed by atoms with van der Waals surface area (Å²) < 4.78 is 33.1. The van der Waals surface area contributed by atoms with Crippen LogP contribution in [0.4, 0.5) is 0 Å². The Kier molecular flexibility index (Phi) is 11.7. The van der Waals surface area contributed by atoms with Gasteiger partial charge >= 0.3 is 15.0 Å². The lowest BCUT2D eigenvalue weighted by molar-refractivity contribution is 0.461. The van der Waals surface area contributed by atoms with Crippen LogP contribution in [0.3, 0.4) is 0 Å². The molecule has 6 nitrogen and oxygen atoms in total. The van der Waals surface area contributed by atoms with Gasteiger partial charge in [-0.1, -0.05) is 80.2 Å². The summed E-state index contributed by atoms with van der Waals surface area (Å²) in [6.45, 7) is 2.72. The van der Waals surface area contributed by atoms with Gasteiger partial charge in [-0.25, -0.2) is 9.49 Å². The van der Waals surface area contributed by atoms with Gasteiger partial charge in [-0.2, -0.15) is 0 Å². The minimum atomic E-state index is -2.27. The Morgan fingerprint density at radius 2 is 1.00 bits per heavy atom. The van der Waals surface area contributed by atoms with Crippen molar-refractivity contribution in [2.45, 2.75) is 20.3 Å². The van der Waals surface area contributed by atoms with Gasteiger partial charge in [0, 0.05) is 20.3 Å². The second-order valence-electron chi connectivity index (χ2n) is 8.55. The highest BCUT2D eigenvalue weighted by molar-refractivity contribution is 7.57. The first-order valence-corrected chi connectivity index (χ1v) is 16.4. The molecule has 1 aliphatic rings. The van der Waals surface area contributed by atoms with E-state index in [-0.39, 0.29) is 7.43 Å². The first kappa shape index (κ1) is 30.1. The number of nitrogens with zero attached hydrogens (tertiary/aromatic N) is 2. The Bertz CT molecular complexity index is 1260. The van der Waals surface area contributed by atoms with Crippen molar-refractivity contribution in [1.82, 2.24) is 0 Å². The third kappa shape index (κ3) is 9.66. The number of hydrogen-bond donors (Lipinski definition) is 0. The first-order chi connectivity index (χ1) is 18.6. The largest absolute Gasteiger partial charge is 0.430 e. The molecule has 0 radical (unpaired) electrons. The molecule has 0 fully saturated rings. The van der Waals surface area contributed by atoms with Crippen molar-refractivity contribution >= 4 is 15.0 Å². The van der Waals surface area contributed by atoms with E-state index in [1.807, 2.05) is 128 Å². The molecular weight excluding hydrogens is 526 g/mol. The monoisotopic (exact) mass is 564 g/mol. The normalized spacial score (nSPS) is 13.7. The van der Waals surface area contributed by atoms with E-state index in [1.54, 1.807) is 7.05 Å². The summed E-state index contributed by atoms with van der Waals surface area (Å²) in [4.78, 5) is 0. The van der Waals surface area contributed by atoms with Crippen molar-refractivity contribution in [3.8, 4) is 23.0 Å². The van der Waals surface area contributed by atoms with Gasteiger partial charge in [0.05, 0.1) is 6.16 Å². The lowest BCUT2D eigenvalue weighted by atomic mass is 10.3. The van der Waals surface area contributed by atoms with Crippen LogP contribution in [-0.4, -0.2) is 26.4 Å². The highest BCUT2D eigenvalue weighted by Gasteiger charge is 2.27. The molecule has 0 N–H and O–H groups in total. The lowest BCUT2D eigenvalue weighted by Gasteiger charge is -2.28. The summed E-state index contributed by atoms with van der Waals surface area (Å²) in [5, 5.41) is 0. The van der Waals surface area contributed by atoms with Gasteiger partial charge in [0.1, 0.15) is 23.0 Å². The van der Waals surface area contributed by atoms with Crippen LogP contribution >= 0.6 is 15.0 Å². The molecule has 0 aromatic heterocycles. The quantitative estimate of drug-likeness (QED) is 0.200. The topological polar surface area (TPSA) is 61.6 Å². The standard InChI is InChI=1S/C16H18NO2P.C14H16NO2P.CH4/c1-3-9-15(10-4-1)18-20(14-8-7-13-17-20)19-16-11-5-2-6-12-16;1-15-18(2,16-13-9-5-3-6-10-13)17-14-11-7-4-8-12-14;/h1-6,9-12H,7-8,13-14H2;3-12H,1-2H3;1H4. The molecule has 0 saturated carbocycles. The van der Waals surface area contributed by atoms with Crippen LogP contribution < -0.4 is 18.1 Å².